The number of terminal acetylenes is 1. The van der Waals surface area contributed by atoms with Crippen LogP contribution in [0.15, 0.2) is 6.20 Å². The normalized spacial score (nSPS) is 15.0. The van der Waals surface area contributed by atoms with Crippen molar-refractivity contribution in [2.75, 3.05) is 0 Å². The van der Waals surface area contributed by atoms with Gasteiger partial charge in [0.1, 0.15) is 0 Å². The van der Waals surface area contributed by atoms with Crippen molar-refractivity contribution in [1.82, 2.24) is 15.1 Å². The minimum atomic E-state index is 0.754. The lowest BCUT2D eigenvalue weighted by molar-refractivity contribution is 0.582. The highest BCUT2D eigenvalue weighted by molar-refractivity contribution is 5.15. The van der Waals surface area contributed by atoms with Crippen molar-refractivity contribution in [2.24, 2.45) is 0 Å². The van der Waals surface area contributed by atoms with Crippen LogP contribution in [-0.2, 0) is 13.1 Å². The molecular weight excluding hydrogens is 198 g/mol. The van der Waals surface area contributed by atoms with Crippen molar-refractivity contribution in [3.63, 3.8) is 0 Å². The van der Waals surface area contributed by atoms with Crippen molar-refractivity contribution >= 4 is 0 Å². The Labute approximate surface area is 97.2 Å². The predicted octanol–water partition coefficient (Wildman–Crippen LogP) is 1.86. The number of nitrogens with zero attached hydrogens (tertiary/aromatic N) is 2. The fraction of sp³-hybridized carbons (Fsp3) is 0.615. The van der Waals surface area contributed by atoms with Gasteiger partial charge in [-0.1, -0.05) is 0 Å². The fourth-order valence-electron chi connectivity index (χ4n) is 1.73. The summed E-state index contributed by atoms with van der Waals surface area (Å²) in [5.41, 5.74) is 2.45. The second-order valence-electron chi connectivity index (χ2n) is 4.47. The fourth-order valence-corrected chi connectivity index (χ4v) is 1.73. The van der Waals surface area contributed by atoms with Crippen molar-refractivity contribution < 1.29 is 0 Å². The van der Waals surface area contributed by atoms with Crippen molar-refractivity contribution in [2.45, 2.75) is 51.7 Å². The second kappa shape index (κ2) is 5.18. The Kier molecular flexibility index (Phi) is 3.63. The molecule has 86 valence electrons. The molecule has 0 aliphatic heterocycles. The minimum Gasteiger partial charge on any atom is -0.310 e. The number of aryl methyl sites for hydroxylation is 2. The molecular formula is C13H19N3. The minimum absolute atomic E-state index is 0.754. The average molecular weight is 217 g/mol. The third-order valence-corrected chi connectivity index (χ3v) is 2.91. The van der Waals surface area contributed by atoms with E-state index < -0.39 is 0 Å². The van der Waals surface area contributed by atoms with Crippen LogP contribution in [0.3, 0.4) is 0 Å². The first-order valence-corrected chi connectivity index (χ1v) is 5.99. The summed E-state index contributed by atoms with van der Waals surface area (Å²) >= 11 is 0. The Balaban J connectivity index is 1.84. The van der Waals surface area contributed by atoms with E-state index in [4.69, 9.17) is 6.42 Å². The molecule has 1 aliphatic rings. The monoisotopic (exact) mass is 217 g/mol. The Bertz CT molecular complexity index is 382. The molecule has 0 spiro atoms. The van der Waals surface area contributed by atoms with E-state index in [0.717, 1.165) is 37.7 Å². The highest BCUT2D eigenvalue weighted by Gasteiger charge is 2.20. The van der Waals surface area contributed by atoms with Crippen LogP contribution in [0.4, 0.5) is 0 Å². The first kappa shape index (κ1) is 11.2. The lowest BCUT2D eigenvalue weighted by Gasteiger charge is -1.99. The van der Waals surface area contributed by atoms with Crippen LogP contribution in [0.1, 0.15) is 36.9 Å². The van der Waals surface area contributed by atoms with E-state index in [0.29, 0.717) is 0 Å². The molecule has 2 rings (SSSR count). The molecule has 1 N–H and O–H groups in total. The molecule has 0 bridgehead atoms. The topological polar surface area (TPSA) is 29.9 Å². The summed E-state index contributed by atoms with van der Waals surface area (Å²) in [4.78, 5) is 0. The van der Waals surface area contributed by atoms with Crippen LogP contribution in [-0.4, -0.2) is 15.8 Å². The largest absolute Gasteiger partial charge is 0.310 e. The van der Waals surface area contributed by atoms with E-state index in [9.17, 15) is 0 Å². The summed E-state index contributed by atoms with van der Waals surface area (Å²) in [6.07, 6.45) is 11.9. The maximum atomic E-state index is 5.23. The first-order valence-electron chi connectivity index (χ1n) is 5.99. The van der Waals surface area contributed by atoms with Gasteiger partial charge in [0, 0.05) is 37.3 Å². The summed E-state index contributed by atoms with van der Waals surface area (Å²) in [6, 6.07) is 0.754. The molecule has 1 aromatic rings. The molecule has 0 atom stereocenters. The molecule has 0 amide bonds. The maximum Gasteiger partial charge on any atom is 0.0638 e. The zero-order valence-electron chi connectivity index (χ0n) is 9.87. The van der Waals surface area contributed by atoms with Crippen LogP contribution >= 0.6 is 0 Å². The standard InChI is InChI=1S/C13H19N3/c1-3-4-5-8-16-10-12(11(2)15-16)9-14-13-6-7-13/h1,10,13-14H,4-9H2,2H3. The number of hydrogen-bond donors (Lipinski definition) is 1. The predicted molar refractivity (Wildman–Crippen MR) is 64.9 cm³/mol. The Morgan fingerprint density at radius 3 is 3.12 bits per heavy atom. The van der Waals surface area contributed by atoms with Gasteiger partial charge in [0.15, 0.2) is 0 Å². The smallest absolute Gasteiger partial charge is 0.0638 e. The average Bonchev–Trinajstić information content (AvgIpc) is 3.02. The van der Waals surface area contributed by atoms with Gasteiger partial charge in [-0.15, -0.1) is 12.3 Å². The zero-order chi connectivity index (χ0) is 11.4. The molecule has 3 nitrogen and oxygen atoms in total. The molecule has 0 radical (unpaired) electrons. The summed E-state index contributed by atoms with van der Waals surface area (Å²) < 4.78 is 2.01. The van der Waals surface area contributed by atoms with Crippen LogP contribution in [0.5, 0.6) is 0 Å². The molecule has 1 aliphatic carbocycles. The van der Waals surface area contributed by atoms with E-state index in [1.807, 2.05) is 4.68 Å². The van der Waals surface area contributed by atoms with Crippen LogP contribution < -0.4 is 5.32 Å². The van der Waals surface area contributed by atoms with Gasteiger partial charge in [-0.3, -0.25) is 4.68 Å². The molecule has 0 saturated heterocycles. The SMILES string of the molecule is C#CCCCn1cc(CNC2CC2)c(C)n1. The second-order valence-corrected chi connectivity index (χ2v) is 4.47. The lowest BCUT2D eigenvalue weighted by atomic mass is 10.2. The van der Waals surface area contributed by atoms with E-state index in [1.165, 1.54) is 18.4 Å². The molecule has 3 heteroatoms. The van der Waals surface area contributed by atoms with Gasteiger partial charge in [0.05, 0.1) is 5.69 Å². The van der Waals surface area contributed by atoms with Gasteiger partial charge in [-0.05, 0) is 26.2 Å². The Hall–Kier alpha value is -1.27. The molecule has 1 fully saturated rings. The van der Waals surface area contributed by atoms with Crippen LogP contribution in [0, 0.1) is 19.3 Å². The summed E-state index contributed by atoms with van der Waals surface area (Å²) in [7, 11) is 0. The summed E-state index contributed by atoms with van der Waals surface area (Å²) in [5, 5.41) is 8.00. The Morgan fingerprint density at radius 2 is 2.44 bits per heavy atom. The number of rotatable bonds is 6. The molecule has 1 saturated carbocycles. The maximum absolute atomic E-state index is 5.23. The summed E-state index contributed by atoms with van der Waals surface area (Å²) in [5.74, 6) is 2.65. The van der Waals surface area contributed by atoms with Crippen LogP contribution in [0.2, 0.25) is 0 Å². The van der Waals surface area contributed by atoms with Gasteiger partial charge in [0.2, 0.25) is 0 Å². The molecule has 0 unspecified atom stereocenters. The summed E-state index contributed by atoms with van der Waals surface area (Å²) in [6.45, 7) is 3.95. The molecule has 0 aromatic carbocycles. The molecule has 16 heavy (non-hydrogen) atoms. The molecule has 1 heterocycles. The van der Waals surface area contributed by atoms with E-state index in [2.05, 4.69) is 29.5 Å². The number of unbranched alkanes of at least 4 members (excludes halogenated alkanes) is 1. The van der Waals surface area contributed by atoms with Gasteiger partial charge < -0.3 is 5.32 Å². The Morgan fingerprint density at radius 1 is 1.62 bits per heavy atom. The van der Waals surface area contributed by atoms with Gasteiger partial charge in [-0.2, -0.15) is 5.10 Å². The third kappa shape index (κ3) is 3.11. The first-order chi connectivity index (χ1) is 7.79. The van der Waals surface area contributed by atoms with E-state index in [-0.39, 0.29) is 0 Å². The van der Waals surface area contributed by atoms with Gasteiger partial charge in [0.25, 0.3) is 0 Å². The lowest BCUT2D eigenvalue weighted by Crippen LogP contribution is -2.15. The number of aromatic nitrogens is 2. The van der Waals surface area contributed by atoms with E-state index >= 15 is 0 Å². The third-order valence-electron chi connectivity index (χ3n) is 2.91. The van der Waals surface area contributed by atoms with Crippen molar-refractivity contribution in [1.29, 1.82) is 0 Å². The number of nitrogens with one attached hydrogen (secondary N) is 1. The zero-order valence-corrected chi connectivity index (χ0v) is 9.87. The highest BCUT2D eigenvalue weighted by atomic mass is 15.3. The van der Waals surface area contributed by atoms with Crippen LogP contribution in [0.25, 0.3) is 0 Å². The quantitative estimate of drug-likeness (QED) is 0.582. The molecule has 1 aromatic heterocycles. The van der Waals surface area contributed by atoms with Gasteiger partial charge in [-0.25, -0.2) is 0 Å². The van der Waals surface area contributed by atoms with Crippen molar-refractivity contribution in [3.05, 3.63) is 17.5 Å². The number of hydrogen-bond acceptors (Lipinski definition) is 2. The van der Waals surface area contributed by atoms with E-state index in [1.54, 1.807) is 0 Å². The van der Waals surface area contributed by atoms with Crippen molar-refractivity contribution in [3.8, 4) is 12.3 Å². The highest BCUT2D eigenvalue weighted by Crippen LogP contribution is 2.19. The van der Waals surface area contributed by atoms with Gasteiger partial charge >= 0.3 is 0 Å².